The molecule has 0 aromatic heterocycles. The van der Waals surface area contributed by atoms with Crippen molar-refractivity contribution in [1.29, 1.82) is 0 Å². The van der Waals surface area contributed by atoms with E-state index in [1.54, 1.807) is 12.1 Å². The second-order valence-electron chi connectivity index (χ2n) is 8.47. The number of hydrazine groups is 1. The number of carbonyl (C=O) groups is 1. The third-order valence-electron chi connectivity index (χ3n) is 5.86. The van der Waals surface area contributed by atoms with Gasteiger partial charge in [0.2, 0.25) is 5.90 Å². The van der Waals surface area contributed by atoms with Gasteiger partial charge in [0.15, 0.2) is 5.54 Å². The Balaban J connectivity index is 1.60. The number of carbonyl (C=O) groups excluding carboxylic acids is 1. The molecule has 0 fully saturated rings. The van der Waals surface area contributed by atoms with Crippen LogP contribution in [0.25, 0.3) is 10.4 Å². The summed E-state index contributed by atoms with van der Waals surface area (Å²) in [7, 11) is 0. The molecule has 0 bridgehead atoms. The van der Waals surface area contributed by atoms with Gasteiger partial charge >= 0.3 is 0 Å². The number of aliphatic hydroxyl groups excluding tert-OH is 1. The van der Waals surface area contributed by atoms with Crippen molar-refractivity contribution < 1.29 is 19.4 Å². The summed E-state index contributed by atoms with van der Waals surface area (Å²) in [4.78, 5) is 21.2. The molecule has 0 aliphatic carbocycles. The first-order valence-corrected chi connectivity index (χ1v) is 11.9. The van der Waals surface area contributed by atoms with Crippen LogP contribution in [0.1, 0.15) is 23.1 Å². The van der Waals surface area contributed by atoms with Crippen LogP contribution in [0.2, 0.25) is 0 Å². The summed E-state index contributed by atoms with van der Waals surface area (Å²) in [5.41, 5.74) is 16.3. The minimum absolute atomic E-state index is 0.0369. The fourth-order valence-electron chi connectivity index (χ4n) is 3.90. The van der Waals surface area contributed by atoms with Crippen LogP contribution in [0.4, 0.5) is 5.69 Å². The predicted octanol–water partition coefficient (Wildman–Crippen LogP) is 4.16. The van der Waals surface area contributed by atoms with Crippen LogP contribution in [0.5, 0.6) is 5.75 Å². The fourth-order valence-corrected chi connectivity index (χ4v) is 3.90. The van der Waals surface area contributed by atoms with Crippen molar-refractivity contribution in [2.75, 3.05) is 25.2 Å². The van der Waals surface area contributed by atoms with Crippen molar-refractivity contribution in [2.45, 2.75) is 24.9 Å². The first-order valence-electron chi connectivity index (χ1n) is 11.9. The van der Waals surface area contributed by atoms with Gasteiger partial charge < -0.3 is 14.6 Å². The lowest BCUT2D eigenvalue weighted by Crippen LogP contribution is -2.50. The van der Waals surface area contributed by atoms with E-state index in [9.17, 15) is 4.79 Å². The summed E-state index contributed by atoms with van der Waals surface area (Å²) in [5.74, 6) is 0.664. The number of ether oxygens (including phenoxy) is 2. The number of azide groups is 1. The standard InChI is InChI=1S/C27H28N6O4/c28-33-29-18-22-8-5-4-7-21(22)17-27(26(35)32-31-23-9-2-1-3-10-23)19-37-25(30-27)20-11-13-24(14-12-20)36-16-6-15-34/h1-5,7-14,31,34H,6,15-19H2,(H,32,35)/t27-/m0/s1. The van der Waals surface area contributed by atoms with Crippen molar-refractivity contribution in [3.05, 3.63) is 106 Å². The minimum atomic E-state index is -1.25. The lowest BCUT2D eigenvalue weighted by Gasteiger charge is -2.24. The topological polar surface area (TPSA) is 141 Å². The van der Waals surface area contributed by atoms with Crippen LogP contribution in [-0.2, 0) is 22.5 Å². The zero-order chi connectivity index (χ0) is 25.9. The summed E-state index contributed by atoms with van der Waals surface area (Å²) < 4.78 is 11.6. The van der Waals surface area contributed by atoms with Crippen molar-refractivity contribution in [2.24, 2.45) is 10.1 Å². The minimum Gasteiger partial charge on any atom is -0.494 e. The second kappa shape index (κ2) is 12.4. The Morgan fingerprint density at radius 2 is 1.81 bits per heavy atom. The van der Waals surface area contributed by atoms with E-state index >= 15 is 0 Å². The molecule has 10 nitrogen and oxygen atoms in total. The van der Waals surface area contributed by atoms with E-state index in [1.807, 2.05) is 66.7 Å². The van der Waals surface area contributed by atoms with Gasteiger partial charge in [-0.2, -0.15) is 0 Å². The van der Waals surface area contributed by atoms with E-state index < -0.39 is 5.54 Å². The van der Waals surface area contributed by atoms with Gasteiger partial charge in [0.1, 0.15) is 12.4 Å². The van der Waals surface area contributed by atoms with Gasteiger partial charge in [-0.15, -0.1) is 0 Å². The summed E-state index contributed by atoms with van der Waals surface area (Å²) in [6, 6.07) is 24.0. The van der Waals surface area contributed by atoms with E-state index in [2.05, 4.69) is 20.9 Å². The number of anilines is 1. The lowest BCUT2D eigenvalue weighted by atomic mass is 9.89. The number of rotatable bonds is 12. The maximum Gasteiger partial charge on any atom is 0.270 e. The van der Waals surface area contributed by atoms with Gasteiger partial charge in [0.25, 0.3) is 5.91 Å². The Kier molecular flexibility index (Phi) is 8.59. The Bertz CT molecular complexity index is 1280. The predicted molar refractivity (Wildman–Crippen MR) is 140 cm³/mol. The van der Waals surface area contributed by atoms with E-state index in [4.69, 9.17) is 25.1 Å². The van der Waals surface area contributed by atoms with Gasteiger partial charge in [-0.1, -0.05) is 47.6 Å². The van der Waals surface area contributed by atoms with Crippen LogP contribution in [0.15, 0.2) is 89.0 Å². The molecular weight excluding hydrogens is 472 g/mol. The van der Waals surface area contributed by atoms with Crippen LogP contribution >= 0.6 is 0 Å². The van der Waals surface area contributed by atoms with E-state index in [0.717, 1.165) is 16.8 Å². The van der Waals surface area contributed by atoms with Gasteiger partial charge in [0, 0.05) is 29.9 Å². The molecule has 1 atom stereocenters. The molecule has 1 heterocycles. The maximum atomic E-state index is 13.6. The van der Waals surface area contributed by atoms with Crippen molar-refractivity contribution in [1.82, 2.24) is 5.43 Å². The molecule has 190 valence electrons. The third kappa shape index (κ3) is 6.58. The molecule has 0 radical (unpaired) electrons. The van der Waals surface area contributed by atoms with Crippen molar-refractivity contribution in [3.8, 4) is 5.75 Å². The number of hydrogen-bond acceptors (Lipinski definition) is 7. The smallest absolute Gasteiger partial charge is 0.270 e. The Morgan fingerprint density at radius 3 is 2.54 bits per heavy atom. The first kappa shape index (κ1) is 25.6. The molecule has 1 aliphatic heterocycles. The van der Waals surface area contributed by atoms with Crippen LogP contribution in [0.3, 0.4) is 0 Å². The highest BCUT2D eigenvalue weighted by atomic mass is 16.5. The number of para-hydroxylation sites is 1. The van der Waals surface area contributed by atoms with E-state index in [0.29, 0.717) is 30.2 Å². The van der Waals surface area contributed by atoms with Gasteiger partial charge in [-0.05, 0) is 53.1 Å². The highest BCUT2D eigenvalue weighted by molar-refractivity contribution is 6.00. The second-order valence-corrected chi connectivity index (χ2v) is 8.47. The Labute approximate surface area is 214 Å². The Hall–Kier alpha value is -4.53. The highest BCUT2D eigenvalue weighted by Crippen LogP contribution is 2.29. The summed E-state index contributed by atoms with van der Waals surface area (Å²) in [6.07, 6.45) is 0.797. The molecule has 3 N–H and O–H groups in total. The average Bonchev–Trinajstić information content (AvgIpc) is 3.37. The largest absolute Gasteiger partial charge is 0.494 e. The zero-order valence-corrected chi connectivity index (χ0v) is 20.2. The lowest BCUT2D eigenvalue weighted by molar-refractivity contribution is -0.126. The number of nitrogens with one attached hydrogen (secondary N) is 2. The molecule has 4 rings (SSSR count). The van der Waals surface area contributed by atoms with E-state index in [-0.39, 0.29) is 32.1 Å². The summed E-state index contributed by atoms with van der Waals surface area (Å²) in [5, 5.41) is 12.6. The molecule has 0 unspecified atom stereocenters. The molecule has 10 heteroatoms. The molecule has 37 heavy (non-hydrogen) atoms. The van der Waals surface area contributed by atoms with Crippen LogP contribution in [0, 0.1) is 0 Å². The number of nitrogens with zero attached hydrogens (tertiary/aromatic N) is 4. The normalized spacial score (nSPS) is 16.2. The summed E-state index contributed by atoms with van der Waals surface area (Å²) in [6.45, 7) is 0.690. The first-order chi connectivity index (χ1) is 18.1. The molecular formula is C27H28N6O4. The van der Waals surface area contributed by atoms with E-state index in [1.165, 1.54) is 0 Å². The molecule has 0 spiro atoms. The maximum absolute atomic E-state index is 13.6. The monoisotopic (exact) mass is 500 g/mol. The molecule has 3 aromatic carbocycles. The number of aliphatic hydroxyl groups is 1. The number of amides is 1. The molecule has 1 amide bonds. The molecule has 0 saturated heterocycles. The number of hydrogen-bond donors (Lipinski definition) is 3. The van der Waals surface area contributed by atoms with Crippen LogP contribution < -0.4 is 15.6 Å². The third-order valence-corrected chi connectivity index (χ3v) is 5.86. The van der Waals surface area contributed by atoms with Gasteiger partial charge in [-0.25, -0.2) is 4.99 Å². The van der Waals surface area contributed by atoms with Gasteiger partial charge in [0.05, 0.1) is 18.8 Å². The molecule has 1 aliphatic rings. The highest BCUT2D eigenvalue weighted by Gasteiger charge is 2.45. The number of aliphatic imine (C=N–C) groups is 1. The molecule has 0 saturated carbocycles. The van der Waals surface area contributed by atoms with Crippen LogP contribution in [-0.4, -0.2) is 42.3 Å². The quantitative estimate of drug-likeness (QED) is 0.113. The number of benzene rings is 3. The van der Waals surface area contributed by atoms with Crippen molar-refractivity contribution >= 4 is 17.5 Å². The zero-order valence-electron chi connectivity index (χ0n) is 20.2. The Morgan fingerprint density at radius 1 is 1.08 bits per heavy atom. The van der Waals surface area contributed by atoms with Gasteiger partial charge in [-0.3, -0.25) is 15.6 Å². The average molecular weight is 501 g/mol. The van der Waals surface area contributed by atoms with Crippen molar-refractivity contribution in [3.63, 3.8) is 0 Å². The fraction of sp³-hybridized carbons (Fsp3) is 0.259. The molecule has 3 aromatic rings. The SMILES string of the molecule is [N-]=[N+]=NCc1ccccc1C[C@@]1(C(=O)NNc2ccccc2)COC(c2ccc(OCCCO)cc2)=N1. The summed E-state index contributed by atoms with van der Waals surface area (Å²) >= 11 is 0.